The van der Waals surface area contributed by atoms with E-state index in [0.29, 0.717) is 0 Å². The number of methoxy groups -OCH3 is 1. The third kappa shape index (κ3) is 1.78. The van der Waals surface area contributed by atoms with Crippen molar-refractivity contribution in [2.75, 3.05) is 7.11 Å². The van der Waals surface area contributed by atoms with Crippen LogP contribution in [0.25, 0.3) is 0 Å². The molecule has 1 aromatic rings. The van der Waals surface area contributed by atoms with Crippen LogP contribution in [0.5, 0.6) is 0 Å². The van der Waals surface area contributed by atoms with Crippen LogP contribution in [-0.4, -0.2) is 7.11 Å². The van der Waals surface area contributed by atoms with Crippen LogP contribution in [0.2, 0.25) is 0 Å². The zero-order chi connectivity index (χ0) is 9.26. The first kappa shape index (κ1) is 8.82. The lowest BCUT2D eigenvalue weighted by Crippen LogP contribution is -2.04. The summed E-state index contributed by atoms with van der Waals surface area (Å²) in [6, 6.07) is 6.42. The molecule has 2 rings (SSSR count). The van der Waals surface area contributed by atoms with Gasteiger partial charge in [-0.1, -0.05) is 22.0 Å². The minimum Gasteiger partial charge on any atom is -0.501 e. The summed E-state index contributed by atoms with van der Waals surface area (Å²) in [7, 11) is 1.73. The highest BCUT2D eigenvalue weighted by atomic mass is 79.9. The largest absolute Gasteiger partial charge is 0.501 e. The fourth-order valence-corrected chi connectivity index (χ4v) is 2.00. The molecule has 0 saturated carbocycles. The van der Waals surface area contributed by atoms with Crippen molar-refractivity contribution < 1.29 is 4.74 Å². The summed E-state index contributed by atoms with van der Waals surface area (Å²) in [4.78, 5) is 0. The molecular weight excluding hydrogens is 228 g/mol. The Morgan fingerprint density at radius 2 is 2.15 bits per heavy atom. The zero-order valence-corrected chi connectivity index (χ0v) is 9.10. The molecule has 0 aliphatic heterocycles. The summed E-state index contributed by atoms with van der Waals surface area (Å²) in [5.74, 6) is 1.08. The highest BCUT2D eigenvalue weighted by molar-refractivity contribution is 9.10. The van der Waals surface area contributed by atoms with Gasteiger partial charge in [0.05, 0.1) is 12.9 Å². The van der Waals surface area contributed by atoms with E-state index in [-0.39, 0.29) is 0 Å². The Morgan fingerprint density at radius 1 is 1.31 bits per heavy atom. The molecule has 0 atom stereocenters. The summed E-state index contributed by atoms with van der Waals surface area (Å²) < 4.78 is 6.38. The quantitative estimate of drug-likeness (QED) is 0.731. The second-order valence-corrected chi connectivity index (χ2v) is 4.08. The van der Waals surface area contributed by atoms with Gasteiger partial charge in [0.15, 0.2) is 0 Å². The van der Waals surface area contributed by atoms with Gasteiger partial charge in [-0.2, -0.15) is 0 Å². The van der Waals surface area contributed by atoms with Gasteiger partial charge < -0.3 is 4.74 Å². The smallest absolute Gasteiger partial charge is 0.0962 e. The monoisotopic (exact) mass is 238 g/mol. The maximum absolute atomic E-state index is 5.23. The number of allylic oxidation sites excluding steroid dienone is 2. The van der Waals surface area contributed by atoms with Crippen LogP contribution in [0.1, 0.15) is 11.1 Å². The summed E-state index contributed by atoms with van der Waals surface area (Å²) in [6.45, 7) is 0. The number of halogens is 1. The molecule has 0 spiro atoms. The number of benzene rings is 1. The topological polar surface area (TPSA) is 9.23 Å². The molecule has 68 valence electrons. The molecular formula is C11H11BrO. The number of hydrogen-bond acceptors (Lipinski definition) is 1. The Morgan fingerprint density at radius 3 is 2.92 bits per heavy atom. The molecule has 0 saturated heterocycles. The molecule has 1 aromatic carbocycles. The number of hydrogen-bond donors (Lipinski definition) is 0. The van der Waals surface area contributed by atoms with Crippen LogP contribution in [0.15, 0.2) is 34.5 Å². The van der Waals surface area contributed by atoms with E-state index in [0.717, 1.165) is 23.1 Å². The molecule has 0 amide bonds. The van der Waals surface area contributed by atoms with Crippen molar-refractivity contribution in [3.05, 3.63) is 45.6 Å². The molecule has 0 radical (unpaired) electrons. The zero-order valence-electron chi connectivity index (χ0n) is 7.51. The van der Waals surface area contributed by atoms with Gasteiger partial charge in [-0.05, 0) is 35.8 Å². The second kappa shape index (κ2) is 3.54. The summed E-state index contributed by atoms with van der Waals surface area (Å²) >= 11 is 3.47. The van der Waals surface area contributed by atoms with Crippen molar-refractivity contribution >= 4 is 15.9 Å². The van der Waals surface area contributed by atoms with E-state index < -0.39 is 0 Å². The number of ether oxygens (including phenoxy) is 1. The Balaban J connectivity index is 2.33. The number of rotatable bonds is 1. The minimum atomic E-state index is 0.930. The summed E-state index contributed by atoms with van der Waals surface area (Å²) in [6.07, 6.45) is 4.06. The van der Waals surface area contributed by atoms with E-state index in [2.05, 4.69) is 40.2 Å². The van der Waals surface area contributed by atoms with Gasteiger partial charge in [0.25, 0.3) is 0 Å². The predicted octanol–water partition coefficient (Wildman–Crippen LogP) is 3.08. The van der Waals surface area contributed by atoms with Gasteiger partial charge in [-0.25, -0.2) is 0 Å². The van der Waals surface area contributed by atoms with Crippen molar-refractivity contribution in [1.29, 1.82) is 0 Å². The summed E-state index contributed by atoms with van der Waals surface area (Å²) in [5, 5.41) is 0. The van der Waals surface area contributed by atoms with Gasteiger partial charge in [-0.3, -0.25) is 0 Å². The third-order valence-electron chi connectivity index (χ3n) is 2.34. The molecule has 1 nitrogen and oxygen atoms in total. The molecule has 1 aliphatic rings. The molecule has 13 heavy (non-hydrogen) atoms. The van der Waals surface area contributed by atoms with E-state index in [1.165, 1.54) is 11.1 Å². The van der Waals surface area contributed by atoms with Crippen LogP contribution in [0.3, 0.4) is 0 Å². The Kier molecular flexibility index (Phi) is 2.40. The van der Waals surface area contributed by atoms with Crippen molar-refractivity contribution in [2.45, 2.75) is 12.8 Å². The highest BCUT2D eigenvalue weighted by Crippen LogP contribution is 2.24. The molecule has 0 bridgehead atoms. The van der Waals surface area contributed by atoms with E-state index in [1.807, 2.05) is 0 Å². The Bertz CT molecular complexity index is 355. The molecule has 0 heterocycles. The van der Waals surface area contributed by atoms with Crippen molar-refractivity contribution in [1.82, 2.24) is 0 Å². The van der Waals surface area contributed by atoms with E-state index in [1.54, 1.807) is 7.11 Å². The molecule has 2 heteroatoms. The number of fused-ring (bicyclic) bond motifs is 1. The fraction of sp³-hybridized carbons (Fsp3) is 0.273. The van der Waals surface area contributed by atoms with Crippen LogP contribution >= 0.6 is 15.9 Å². The Hall–Kier alpha value is -0.760. The van der Waals surface area contributed by atoms with Crippen molar-refractivity contribution in [2.24, 2.45) is 0 Å². The average Bonchev–Trinajstić information content (AvgIpc) is 2.17. The summed E-state index contributed by atoms with van der Waals surface area (Å²) in [5.41, 5.74) is 2.78. The molecule has 0 unspecified atom stereocenters. The van der Waals surface area contributed by atoms with E-state index in [9.17, 15) is 0 Å². The lowest BCUT2D eigenvalue weighted by atomic mass is 9.96. The van der Waals surface area contributed by atoms with Crippen molar-refractivity contribution in [3.63, 3.8) is 0 Å². The molecule has 0 fully saturated rings. The standard InChI is InChI=1S/C11H11BrO/c1-13-11-5-3-8-6-10(12)4-2-9(8)7-11/h2,4-6H,3,7H2,1H3. The van der Waals surface area contributed by atoms with Crippen LogP contribution in [-0.2, 0) is 17.6 Å². The van der Waals surface area contributed by atoms with Crippen molar-refractivity contribution in [3.8, 4) is 0 Å². The molecule has 1 aliphatic carbocycles. The Labute approximate surface area is 86.5 Å². The van der Waals surface area contributed by atoms with Gasteiger partial charge in [-0.15, -0.1) is 0 Å². The molecule has 0 N–H and O–H groups in total. The maximum Gasteiger partial charge on any atom is 0.0962 e. The first-order valence-corrected chi connectivity index (χ1v) is 5.09. The predicted molar refractivity (Wildman–Crippen MR) is 56.6 cm³/mol. The van der Waals surface area contributed by atoms with E-state index in [4.69, 9.17) is 4.74 Å². The fourth-order valence-electron chi connectivity index (χ4n) is 1.60. The first-order valence-electron chi connectivity index (χ1n) is 4.30. The lowest BCUT2D eigenvalue weighted by Gasteiger charge is -2.16. The molecule has 0 aromatic heterocycles. The van der Waals surface area contributed by atoms with E-state index >= 15 is 0 Å². The van der Waals surface area contributed by atoms with Crippen LogP contribution in [0.4, 0.5) is 0 Å². The van der Waals surface area contributed by atoms with Gasteiger partial charge in [0.2, 0.25) is 0 Å². The lowest BCUT2D eigenvalue weighted by molar-refractivity contribution is 0.280. The van der Waals surface area contributed by atoms with Crippen LogP contribution < -0.4 is 0 Å². The normalized spacial score (nSPS) is 14.8. The highest BCUT2D eigenvalue weighted by Gasteiger charge is 2.10. The van der Waals surface area contributed by atoms with Gasteiger partial charge in [0, 0.05) is 10.9 Å². The average molecular weight is 239 g/mol. The van der Waals surface area contributed by atoms with Gasteiger partial charge in [0.1, 0.15) is 0 Å². The third-order valence-corrected chi connectivity index (χ3v) is 2.84. The van der Waals surface area contributed by atoms with Gasteiger partial charge >= 0.3 is 0 Å². The first-order chi connectivity index (χ1) is 6.29. The SMILES string of the molecule is COC1=CCc2cc(Br)ccc2C1. The maximum atomic E-state index is 5.23. The van der Waals surface area contributed by atoms with Crippen LogP contribution in [0, 0.1) is 0 Å². The minimum absolute atomic E-state index is 0.930. The second-order valence-electron chi connectivity index (χ2n) is 3.17.